The summed E-state index contributed by atoms with van der Waals surface area (Å²) < 4.78 is 6.12. The Morgan fingerprint density at radius 2 is 1.40 bits per heavy atom. The highest BCUT2D eigenvalue weighted by molar-refractivity contribution is 4.73. The molecule has 0 spiro atoms. The van der Waals surface area contributed by atoms with E-state index in [1.165, 1.54) is 77.0 Å². The van der Waals surface area contributed by atoms with Gasteiger partial charge in [0, 0.05) is 6.61 Å². The SMILES string of the molecule is CCCC1CCC(OCCCC2CCC(C)CC2)CC1. The maximum absolute atomic E-state index is 6.12. The van der Waals surface area contributed by atoms with E-state index in [2.05, 4.69) is 13.8 Å². The minimum absolute atomic E-state index is 0.592. The topological polar surface area (TPSA) is 9.23 Å². The average molecular weight is 280 g/mol. The molecule has 0 aromatic heterocycles. The first-order valence-corrected chi connectivity index (χ1v) is 9.39. The fraction of sp³-hybridized carbons (Fsp3) is 1.00. The highest BCUT2D eigenvalue weighted by Gasteiger charge is 2.21. The van der Waals surface area contributed by atoms with Gasteiger partial charge >= 0.3 is 0 Å². The van der Waals surface area contributed by atoms with Crippen molar-refractivity contribution in [2.75, 3.05) is 6.61 Å². The van der Waals surface area contributed by atoms with Gasteiger partial charge in [0.1, 0.15) is 0 Å². The molecule has 2 fully saturated rings. The Morgan fingerprint density at radius 3 is 2.05 bits per heavy atom. The first-order valence-electron chi connectivity index (χ1n) is 9.39. The summed E-state index contributed by atoms with van der Waals surface area (Å²) in [6.07, 6.45) is 17.5. The highest BCUT2D eigenvalue weighted by Crippen LogP contribution is 2.32. The maximum atomic E-state index is 6.12. The predicted molar refractivity (Wildman–Crippen MR) is 87.0 cm³/mol. The summed E-state index contributed by atoms with van der Waals surface area (Å²) >= 11 is 0. The lowest BCUT2D eigenvalue weighted by atomic mass is 9.81. The van der Waals surface area contributed by atoms with E-state index in [1.807, 2.05) is 0 Å². The van der Waals surface area contributed by atoms with Crippen molar-refractivity contribution in [1.82, 2.24) is 0 Å². The standard InChI is InChI=1S/C19H36O/c1-3-5-17-11-13-19(14-12-17)20-15-4-6-18-9-7-16(2)8-10-18/h16-19H,3-15H2,1-2H3. The van der Waals surface area contributed by atoms with E-state index in [9.17, 15) is 0 Å². The molecule has 0 aromatic carbocycles. The van der Waals surface area contributed by atoms with E-state index in [1.54, 1.807) is 0 Å². The van der Waals surface area contributed by atoms with Crippen LogP contribution in [0.1, 0.15) is 90.9 Å². The summed E-state index contributed by atoms with van der Waals surface area (Å²) in [4.78, 5) is 0. The second-order valence-corrected chi connectivity index (χ2v) is 7.57. The van der Waals surface area contributed by atoms with E-state index in [0.717, 1.165) is 24.4 Å². The van der Waals surface area contributed by atoms with Crippen molar-refractivity contribution in [2.45, 2.75) is 97.0 Å². The fourth-order valence-electron chi connectivity index (χ4n) is 4.24. The molecule has 0 aromatic rings. The molecule has 2 aliphatic carbocycles. The second-order valence-electron chi connectivity index (χ2n) is 7.57. The molecule has 0 N–H and O–H groups in total. The molecule has 0 bridgehead atoms. The smallest absolute Gasteiger partial charge is 0.0575 e. The molecule has 118 valence electrons. The fourth-order valence-corrected chi connectivity index (χ4v) is 4.24. The zero-order valence-electron chi connectivity index (χ0n) is 13.9. The monoisotopic (exact) mass is 280 g/mol. The summed E-state index contributed by atoms with van der Waals surface area (Å²) in [7, 11) is 0. The van der Waals surface area contributed by atoms with Gasteiger partial charge < -0.3 is 4.74 Å². The van der Waals surface area contributed by atoms with Gasteiger partial charge in [-0.25, -0.2) is 0 Å². The summed E-state index contributed by atoms with van der Waals surface area (Å²) in [5.74, 6) is 3.00. The summed E-state index contributed by atoms with van der Waals surface area (Å²) in [5.41, 5.74) is 0. The molecule has 20 heavy (non-hydrogen) atoms. The van der Waals surface area contributed by atoms with Gasteiger partial charge in [0.2, 0.25) is 0 Å². The third-order valence-corrected chi connectivity index (χ3v) is 5.74. The van der Waals surface area contributed by atoms with Gasteiger partial charge in [-0.15, -0.1) is 0 Å². The van der Waals surface area contributed by atoms with Gasteiger partial charge in [-0.05, 0) is 56.3 Å². The molecule has 1 heteroatoms. The van der Waals surface area contributed by atoms with Crippen LogP contribution in [0.4, 0.5) is 0 Å². The van der Waals surface area contributed by atoms with Crippen molar-refractivity contribution in [3.05, 3.63) is 0 Å². The normalized spacial score (nSPS) is 35.1. The van der Waals surface area contributed by atoms with Crippen LogP contribution in [0.15, 0.2) is 0 Å². The van der Waals surface area contributed by atoms with Gasteiger partial charge in [-0.2, -0.15) is 0 Å². The van der Waals surface area contributed by atoms with E-state index >= 15 is 0 Å². The van der Waals surface area contributed by atoms with Crippen LogP contribution >= 0.6 is 0 Å². The van der Waals surface area contributed by atoms with Crippen LogP contribution in [0.2, 0.25) is 0 Å². The minimum Gasteiger partial charge on any atom is -0.378 e. The van der Waals surface area contributed by atoms with Crippen molar-refractivity contribution in [1.29, 1.82) is 0 Å². The molecule has 0 heterocycles. The number of hydrogen-bond acceptors (Lipinski definition) is 1. The Labute approximate surface area is 126 Å². The van der Waals surface area contributed by atoms with Crippen LogP contribution in [-0.4, -0.2) is 12.7 Å². The number of ether oxygens (including phenoxy) is 1. The van der Waals surface area contributed by atoms with Crippen molar-refractivity contribution in [2.24, 2.45) is 17.8 Å². The molecule has 0 saturated heterocycles. The Kier molecular flexibility index (Phi) is 7.41. The first-order chi connectivity index (χ1) is 9.78. The second kappa shape index (κ2) is 9.07. The van der Waals surface area contributed by atoms with Crippen LogP contribution in [0.3, 0.4) is 0 Å². The summed E-state index contributed by atoms with van der Waals surface area (Å²) in [6.45, 7) is 5.75. The zero-order valence-corrected chi connectivity index (χ0v) is 13.9. The van der Waals surface area contributed by atoms with Crippen molar-refractivity contribution in [3.63, 3.8) is 0 Å². The van der Waals surface area contributed by atoms with E-state index in [4.69, 9.17) is 4.74 Å². The third kappa shape index (κ3) is 5.76. The van der Waals surface area contributed by atoms with E-state index < -0.39 is 0 Å². The van der Waals surface area contributed by atoms with Crippen LogP contribution in [0.5, 0.6) is 0 Å². The van der Waals surface area contributed by atoms with Gasteiger partial charge in [0.05, 0.1) is 6.10 Å². The molecule has 0 amide bonds. The lowest BCUT2D eigenvalue weighted by Crippen LogP contribution is -2.22. The predicted octanol–water partition coefficient (Wildman–Crippen LogP) is 5.97. The van der Waals surface area contributed by atoms with E-state index in [0.29, 0.717) is 6.10 Å². The van der Waals surface area contributed by atoms with Crippen LogP contribution in [0.25, 0.3) is 0 Å². The highest BCUT2D eigenvalue weighted by atomic mass is 16.5. The molecule has 0 radical (unpaired) electrons. The first kappa shape index (κ1) is 16.3. The van der Waals surface area contributed by atoms with Crippen LogP contribution in [-0.2, 0) is 4.74 Å². The Hall–Kier alpha value is -0.0400. The average Bonchev–Trinajstić information content (AvgIpc) is 2.47. The van der Waals surface area contributed by atoms with Crippen LogP contribution in [0, 0.1) is 17.8 Å². The van der Waals surface area contributed by atoms with Gasteiger partial charge in [0.15, 0.2) is 0 Å². The summed E-state index contributed by atoms with van der Waals surface area (Å²) in [5, 5.41) is 0. The Morgan fingerprint density at radius 1 is 0.800 bits per heavy atom. The van der Waals surface area contributed by atoms with Crippen molar-refractivity contribution >= 4 is 0 Å². The van der Waals surface area contributed by atoms with Gasteiger partial charge in [-0.1, -0.05) is 52.4 Å². The molecule has 2 aliphatic rings. The molecule has 0 aliphatic heterocycles. The maximum Gasteiger partial charge on any atom is 0.0575 e. The Balaban J connectivity index is 1.47. The molecule has 2 saturated carbocycles. The van der Waals surface area contributed by atoms with E-state index in [-0.39, 0.29) is 0 Å². The third-order valence-electron chi connectivity index (χ3n) is 5.74. The molecule has 0 atom stereocenters. The number of rotatable bonds is 7. The van der Waals surface area contributed by atoms with Crippen LogP contribution < -0.4 is 0 Å². The lowest BCUT2D eigenvalue weighted by Gasteiger charge is -2.29. The van der Waals surface area contributed by atoms with Gasteiger partial charge in [-0.3, -0.25) is 0 Å². The van der Waals surface area contributed by atoms with Crippen molar-refractivity contribution in [3.8, 4) is 0 Å². The summed E-state index contributed by atoms with van der Waals surface area (Å²) in [6, 6.07) is 0. The quantitative estimate of drug-likeness (QED) is 0.522. The number of hydrogen-bond donors (Lipinski definition) is 0. The Bertz CT molecular complexity index is 234. The van der Waals surface area contributed by atoms with Gasteiger partial charge in [0.25, 0.3) is 0 Å². The molecular formula is C19H36O. The largest absolute Gasteiger partial charge is 0.378 e. The molecule has 2 rings (SSSR count). The van der Waals surface area contributed by atoms with Crippen molar-refractivity contribution < 1.29 is 4.74 Å². The molecule has 0 unspecified atom stereocenters. The lowest BCUT2D eigenvalue weighted by molar-refractivity contribution is 0.0134. The molecule has 1 nitrogen and oxygen atoms in total. The zero-order chi connectivity index (χ0) is 14.2. The molecular weight excluding hydrogens is 244 g/mol. The minimum atomic E-state index is 0.592.